The highest BCUT2D eigenvalue weighted by Crippen LogP contribution is 2.37. The number of hydrogen-bond donors (Lipinski definition) is 2. The molecule has 1 aromatic rings. The van der Waals surface area contributed by atoms with E-state index in [1.165, 1.54) is 0 Å². The maximum atomic E-state index is 11.3. The molecule has 5 heteroatoms. The van der Waals surface area contributed by atoms with Gasteiger partial charge in [-0.15, -0.1) is 0 Å². The summed E-state index contributed by atoms with van der Waals surface area (Å²) >= 11 is 0. The van der Waals surface area contributed by atoms with Gasteiger partial charge in [0.2, 0.25) is 0 Å². The molecule has 3 N–H and O–H groups in total. The Morgan fingerprint density at radius 2 is 2.11 bits per heavy atom. The van der Waals surface area contributed by atoms with Crippen molar-refractivity contribution >= 4 is 23.0 Å². The fourth-order valence-electron chi connectivity index (χ4n) is 2.26. The number of benzene rings is 1. The van der Waals surface area contributed by atoms with Gasteiger partial charge in [0.1, 0.15) is 5.75 Å². The van der Waals surface area contributed by atoms with E-state index in [1.54, 1.807) is 6.07 Å². The number of anilines is 3. The van der Waals surface area contributed by atoms with Gasteiger partial charge in [-0.3, -0.25) is 4.79 Å². The van der Waals surface area contributed by atoms with Crippen molar-refractivity contribution in [2.75, 3.05) is 36.1 Å². The van der Waals surface area contributed by atoms with Crippen LogP contribution < -0.4 is 20.7 Å². The summed E-state index contributed by atoms with van der Waals surface area (Å²) in [6.45, 7) is 7.42. The minimum atomic E-state index is -0.137. The zero-order valence-electron chi connectivity index (χ0n) is 11.9. The normalized spacial score (nSPS) is 14.4. The molecule has 1 aromatic carbocycles. The predicted octanol–water partition coefficient (Wildman–Crippen LogP) is 2.08. The lowest BCUT2D eigenvalue weighted by molar-refractivity contribution is -0.118. The van der Waals surface area contributed by atoms with Gasteiger partial charge in [-0.2, -0.15) is 0 Å². The van der Waals surface area contributed by atoms with Gasteiger partial charge < -0.3 is 20.7 Å². The molecule has 0 unspecified atom stereocenters. The highest BCUT2D eigenvalue weighted by Gasteiger charge is 2.21. The minimum absolute atomic E-state index is 0.0453. The molecule has 0 bridgehead atoms. The van der Waals surface area contributed by atoms with Gasteiger partial charge in [-0.05, 0) is 11.5 Å². The quantitative estimate of drug-likeness (QED) is 0.802. The van der Waals surface area contributed by atoms with Crippen molar-refractivity contribution in [2.24, 2.45) is 5.41 Å². The van der Waals surface area contributed by atoms with Gasteiger partial charge >= 0.3 is 0 Å². The summed E-state index contributed by atoms with van der Waals surface area (Å²) in [7, 11) is 1.99. The molecule has 1 aliphatic rings. The molecule has 2 rings (SSSR count). The van der Waals surface area contributed by atoms with Crippen molar-refractivity contribution < 1.29 is 9.53 Å². The van der Waals surface area contributed by atoms with Crippen molar-refractivity contribution in [1.82, 2.24) is 0 Å². The Labute approximate surface area is 113 Å². The van der Waals surface area contributed by atoms with Gasteiger partial charge in [-0.25, -0.2) is 0 Å². The van der Waals surface area contributed by atoms with Crippen molar-refractivity contribution in [2.45, 2.75) is 20.8 Å². The third kappa shape index (κ3) is 3.10. The first kappa shape index (κ1) is 13.5. The summed E-state index contributed by atoms with van der Waals surface area (Å²) in [4.78, 5) is 13.4. The zero-order chi connectivity index (χ0) is 14.2. The van der Waals surface area contributed by atoms with Gasteiger partial charge in [0.25, 0.3) is 5.91 Å². The SMILES string of the molecule is CN(CC(C)(C)C)c1cc2c(cc1N)OCC(=O)N2. The Morgan fingerprint density at radius 3 is 2.74 bits per heavy atom. The summed E-state index contributed by atoms with van der Waals surface area (Å²) in [6, 6.07) is 3.64. The Bertz CT molecular complexity index is 506. The fourth-order valence-corrected chi connectivity index (χ4v) is 2.26. The highest BCUT2D eigenvalue weighted by molar-refractivity contribution is 5.97. The molecule has 104 valence electrons. The van der Waals surface area contributed by atoms with Crippen LogP contribution >= 0.6 is 0 Å². The Kier molecular flexibility index (Phi) is 3.30. The molecule has 0 aromatic heterocycles. The monoisotopic (exact) mass is 263 g/mol. The van der Waals surface area contributed by atoms with E-state index in [-0.39, 0.29) is 17.9 Å². The maximum absolute atomic E-state index is 11.3. The highest BCUT2D eigenvalue weighted by atomic mass is 16.5. The number of fused-ring (bicyclic) bond motifs is 1. The second kappa shape index (κ2) is 4.64. The molecule has 0 spiro atoms. The largest absolute Gasteiger partial charge is 0.482 e. The topological polar surface area (TPSA) is 67.6 Å². The van der Waals surface area contributed by atoms with Gasteiger partial charge in [-0.1, -0.05) is 20.8 Å². The third-order valence-electron chi connectivity index (χ3n) is 2.88. The molecular formula is C14H21N3O2. The van der Waals surface area contributed by atoms with Crippen molar-refractivity contribution in [3.63, 3.8) is 0 Å². The fraction of sp³-hybridized carbons (Fsp3) is 0.500. The van der Waals surface area contributed by atoms with Crippen LogP contribution in [0.2, 0.25) is 0 Å². The number of nitrogens with one attached hydrogen (secondary N) is 1. The van der Waals surface area contributed by atoms with E-state index in [1.807, 2.05) is 13.1 Å². The molecule has 1 amide bonds. The second-order valence-corrected chi connectivity index (χ2v) is 6.16. The second-order valence-electron chi connectivity index (χ2n) is 6.16. The summed E-state index contributed by atoms with van der Waals surface area (Å²) in [5, 5.41) is 2.80. The van der Waals surface area contributed by atoms with Crippen LogP contribution in [0.25, 0.3) is 0 Å². The van der Waals surface area contributed by atoms with Gasteiger partial charge in [0.15, 0.2) is 6.61 Å². The number of carbonyl (C=O) groups is 1. The molecule has 19 heavy (non-hydrogen) atoms. The van der Waals surface area contributed by atoms with Crippen LogP contribution in [0.1, 0.15) is 20.8 Å². The van der Waals surface area contributed by atoms with Crippen molar-refractivity contribution in [3.8, 4) is 5.75 Å². The van der Waals surface area contributed by atoms with E-state index in [2.05, 4.69) is 31.0 Å². The molecular weight excluding hydrogens is 242 g/mol. The minimum Gasteiger partial charge on any atom is -0.482 e. The van der Waals surface area contributed by atoms with Crippen molar-refractivity contribution in [1.29, 1.82) is 0 Å². The Balaban J connectivity index is 2.31. The molecule has 0 radical (unpaired) electrons. The third-order valence-corrected chi connectivity index (χ3v) is 2.88. The molecule has 1 heterocycles. The van der Waals surface area contributed by atoms with E-state index in [4.69, 9.17) is 10.5 Å². The van der Waals surface area contributed by atoms with E-state index in [0.717, 1.165) is 12.2 Å². The van der Waals surface area contributed by atoms with E-state index in [9.17, 15) is 4.79 Å². The van der Waals surface area contributed by atoms with Crippen LogP contribution in [0.3, 0.4) is 0 Å². The number of nitrogens with zero attached hydrogens (tertiary/aromatic N) is 1. The summed E-state index contributed by atoms with van der Waals surface area (Å²) in [5.41, 5.74) is 8.47. The molecule has 5 nitrogen and oxygen atoms in total. The van der Waals surface area contributed by atoms with E-state index >= 15 is 0 Å². The molecule has 0 saturated heterocycles. The average Bonchev–Trinajstić information content (AvgIpc) is 2.26. The van der Waals surface area contributed by atoms with E-state index in [0.29, 0.717) is 17.1 Å². The van der Waals surface area contributed by atoms with Gasteiger partial charge in [0.05, 0.1) is 17.1 Å². The van der Waals surface area contributed by atoms with Crippen LogP contribution in [0.15, 0.2) is 12.1 Å². The lowest BCUT2D eigenvalue weighted by atomic mass is 9.96. The molecule has 0 saturated carbocycles. The number of amides is 1. The van der Waals surface area contributed by atoms with Crippen LogP contribution in [-0.2, 0) is 4.79 Å². The van der Waals surface area contributed by atoms with Crippen LogP contribution in [-0.4, -0.2) is 26.1 Å². The Morgan fingerprint density at radius 1 is 1.42 bits per heavy atom. The van der Waals surface area contributed by atoms with E-state index < -0.39 is 0 Å². The van der Waals surface area contributed by atoms with Gasteiger partial charge in [0, 0.05) is 19.7 Å². The average molecular weight is 263 g/mol. The van der Waals surface area contributed by atoms with Crippen molar-refractivity contribution in [3.05, 3.63) is 12.1 Å². The molecule has 1 aliphatic heterocycles. The number of rotatable bonds is 2. The van der Waals surface area contributed by atoms with Crippen LogP contribution in [0.5, 0.6) is 5.75 Å². The standard InChI is InChI=1S/C14H21N3O2/c1-14(2,3)8-17(4)11-6-10-12(5-9(11)15)19-7-13(18)16-10/h5-6H,7-8,15H2,1-4H3,(H,16,18). The lowest BCUT2D eigenvalue weighted by Gasteiger charge is -2.30. The van der Waals surface area contributed by atoms with Crippen LogP contribution in [0, 0.1) is 5.41 Å². The first-order valence-corrected chi connectivity index (χ1v) is 6.33. The smallest absolute Gasteiger partial charge is 0.262 e. The number of ether oxygens (including phenoxy) is 1. The number of nitrogens with two attached hydrogens (primary N) is 1. The number of carbonyl (C=O) groups excluding carboxylic acids is 1. The number of hydrogen-bond acceptors (Lipinski definition) is 4. The zero-order valence-corrected chi connectivity index (χ0v) is 11.9. The summed E-state index contributed by atoms with van der Waals surface area (Å²) in [5.74, 6) is 0.492. The molecule has 0 fully saturated rings. The number of nitrogen functional groups attached to an aromatic ring is 1. The lowest BCUT2D eigenvalue weighted by Crippen LogP contribution is -2.30. The maximum Gasteiger partial charge on any atom is 0.262 e. The first-order chi connectivity index (χ1) is 8.76. The summed E-state index contributed by atoms with van der Waals surface area (Å²) < 4.78 is 5.34. The van der Waals surface area contributed by atoms with Crippen LogP contribution in [0.4, 0.5) is 17.1 Å². The molecule has 0 aliphatic carbocycles. The first-order valence-electron chi connectivity index (χ1n) is 6.33. The predicted molar refractivity (Wildman–Crippen MR) is 77.7 cm³/mol. The summed E-state index contributed by atoms with van der Waals surface area (Å²) in [6.07, 6.45) is 0. The molecule has 0 atom stereocenters. The Hall–Kier alpha value is -1.91.